The van der Waals surface area contributed by atoms with Crippen LogP contribution in [-0.4, -0.2) is 20.9 Å². The van der Waals surface area contributed by atoms with Gasteiger partial charge in [0.05, 0.1) is 5.75 Å². The molecule has 0 N–H and O–H groups in total. The molecular formula is C22H17AlNO2. The van der Waals surface area contributed by atoms with Gasteiger partial charge >= 0.3 is 15.9 Å². The maximum Gasteiger partial charge on any atom is 0.881 e. The Kier molecular flexibility index (Phi) is 4.88. The van der Waals surface area contributed by atoms with E-state index in [1.165, 1.54) is 11.1 Å². The molecule has 0 amide bonds. The number of hydrogen-bond acceptors (Lipinski definition) is 3. The van der Waals surface area contributed by atoms with Crippen LogP contribution in [-0.2, 0) is 0 Å². The molecule has 4 heteroatoms. The Labute approximate surface area is 159 Å². The van der Waals surface area contributed by atoms with E-state index < -0.39 is 15.9 Å². The lowest BCUT2D eigenvalue weighted by atomic mass is 10.1. The molecule has 125 valence electrons. The Morgan fingerprint density at radius 2 is 1.50 bits per heavy atom. The van der Waals surface area contributed by atoms with E-state index in [9.17, 15) is 0 Å². The minimum Gasteiger partial charge on any atom is -0.616 e. The maximum atomic E-state index is 5.97. The van der Waals surface area contributed by atoms with E-state index in [4.69, 9.17) is 7.58 Å². The van der Waals surface area contributed by atoms with Crippen LogP contribution in [0.1, 0.15) is 5.56 Å². The molecule has 3 aromatic carbocycles. The van der Waals surface area contributed by atoms with Gasteiger partial charge in [-0.3, -0.25) is 4.98 Å². The minimum absolute atomic E-state index is 0.670. The van der Waals surface area contributed by atoms with Gasteiger partial charge in [0.15, 0.2) is 0 Å². The van der Waals surface area contributed by atoms with E-state index >= 15 is 0 Å². The van der Waals surface area contributed by atoms with E-state index in [-0.39, 0.29) is 0 Å². The monoisotopic (exact) mass is 354 g/mol. The Morgan fingerprint density at radius 1 is 0.731 bits per heavy atom. The molecule has 0 saturated carbocycles. The molecule has 0 unspecified atom stereocenters. The van der Waals surface area contributed by atoms with E-state index in [0.717, 1.165) is 28.0 Å². The van der Waals surface area contributed by atoms with Crippen LogP contribution in [0.4, 0.5) is 0 Å². The third kappa shape index (κ3) is 3.57. The van der Waals surface area contributed by atoms with Crippen molar-refractivity contribution in [2.75, 3.05) is 0 Å². The van der Waals surface area contributed by atoms with Crippen molar-refractivity contribution >= 4 is 26.8 Å². The van der Waals surface area contributed by atoms with Crippen LogP contribution in [0.25, 0.3) is 22.0 Å². The highest BCUT2D eigenvalue weighted by Gasteiger charge is 2.12. The third-order valence-electron chi connectivity index (χ3n) is 4.24. The molecule has 0 aliphatic rings. The summed E-state index contributed by atoms with van der Waals surface area (Å²) in [6.07, 6.45) is 1.78. The Balaban J connectivity index is 1.45. The number of nitrogens with zero attached hydrogens (tertiary/aromatic N) is 1. The minimum atomic E-state index is -0.670. The molecule has 0 aliphatic carbocycles. The number of benzene rings is 3. The van der Waals surface area contributed by atoms with Gasteiger partial charge in [-0.15, -0.1) is 0 Å². The zero-order chi connectivity index (χ0) is 17.8. The lowest BCUT2D eigenvalue weighted by Crippen LogP contribution is -2.12. The summed E-state index contributed by atoms with van der Waals surface area (Å²) in [6.45, 7) is 2.03. The SMILES string of the molecule is Cc1ccc2cccnc2c1[O][Al][O]c1ccc(-c2ccccc2)cc1. The van der Waals surface area contributed by atoms with Crippen molar-refractivity contribution in [3.63, 3.8) is 0 Å². The van der Waals surface area contributed by atoms with Gasteiger partial charge in [0, 0.05) is 11.6 Å². The molecule has 0 spiro atoms. The first-order valence-electron chi connectivity index (χ1n) is 8.46. The quantitative estimate of drug-likeness (QED) is 0.462. The fourth-order valence-corrected chi connectivity index (χ4v) is 3.56. The van der Waals surface area contributed by atoms with Crippen LogP contribution >= 0.6 is 0 Å². The van der Waals surface area contributed by atoms with Gasteiger partial charge in [0.25, 0.3) is 0 Å². The molecule has 4 rings (SSSR count). The zero-order valence-electron chi connectivity index (χ0n) is 14.4. The van der Waals surface area contributed by atoms with Crippen molar-refractivity contribution in [1.82, 2.24) is 4.98 Å². The van der Waals surface area contributed by atoms with Gasteiger partial charge in [-0.2, -0.15) is 0 Å². The van der Waals surface area contributed by atoms with Gasteiger partial charge in [-0.05, 0) is 41.8 Å². The first kappa shape index (κ1) is 16.7. The predicted molar refractivity (Wildman–Crippen MR) is 105 cm³/mol. The summed E-state index contributed by atoms with van der Waals surface area (Å²) in [4.78, 5) is 4.45. The van der Waals surface area contributed by atoms with Crippen LogP contribution < -0.4 is 7.58 Å². The highest BCUT2D eigenvalue weighted by Crippen LogP contribution is 2.27. The molecule has 0 bridgehead atoms. The summed E-state index contributed by atoms with van der Waals surface area (Å²) in [6, 6.07) is 26.5. The van der Waals surface area contributed by atoms with E-state index in [0.29, 0.717) is 0 Å². The van der Waals surface area contributed by atoms with Gasteiger partial charge in [-0.25, -0.2) is 0 Å². The topological polar surface area (TPSA) is 31.4 Å². The molecule has 4 aromatic rings. The Morgan fingerprint density at radius 3 is 2.31 bits per heavy atom. The smallest absolute Gasteiger partial charge is 0.616 e. The average Bonchev–Trinajstić information content (AvgIpc) is 2.71. The number of pyridine rings is 1. The molecule has 1 aromatic heterocycles. The van der Waals surface area contributed by atoms with Gasteiger partial charge < -0.3 is 7.58 Å². The Bertz CT molecular complexity index is 1020. The van der Waals surface area contributed by atoms with Crippen molar-refractivity contribution < 1.29 is 7.58 Å². The first-order valence-corrected chi connectivity index (χ1v) is 9.40. The van der Waals surface area contributed by atoms with Crippen molar-refractivity contribution in [2.45, 2.75) is 6.92 Å². The summed E-state index contributed by atoms with van der Waals surface area (Å²) in [7, 11) is 0. The average molecular weight is 354 g/mol. The summed E-state index contributed by atoms with van der Waals surface area (Å²) in [5, 5.41) is 1.07. The van der Waals surface area contributed by atoms with Crippen LogP contribution in [0.5, 0.6) is 11.5 Å². The highest BCUT2D eigenvalue weighted by molar-refractivity contribution is 6.21. The Hall–Kier alpha value is -2.80. The lowest BCUT2D eigenvalue weighted by molar-refractivity contribution is 0.459. The molecule has 0 aliphatic heterocycles. The largest absolute Gasteiger partial charge is 0.881 e. The van der Waals surface area contributed by atoms with Crippen molar-refractivity contribution in [3.05, 3.63) is 90.6 Å². The second-order valence-corrected chi connectivity index (χ2v) is 6.67. The number of hydrogen-bond donors (Lipinski definition) is 0. The molecule has 1 radical (unpaired) electrons. The standard InChI is InChI=1S/C12H10O.C10H9NO.Al/c13-12-8-6-11(7-9-12)10-4-2-1-3-5-10;1-7-4-5-8-3-2-6-11-9(8)10(7)12;/h1-9,13H;2-6,12H,1H3;/q;;+2/p-2. The first-order chi connectivity index (χ1) is 12.8. The summed E-state index contributed by atoms with van der Waals surface area (Å²) >= 11 is -0.670. The molecular weight excluding hydrogens is 337 g/mol. The summed E-state index contributed by atoms with van der Waals surface area (Å²) < 4.78 is 11.8. The van der Waals surface area contributed by atoms with Gasteiger partial charge in [0.1, 0.15) is 11.3 Å². The number of fused-ring (bicyclic) bond motifs is 1. The number of rotatable bonds is 5. The van der Waals surface area contributed by atoms with E-state index in [1.807, 2.05) is 55.5 Å². The van der Waals surface area contributed by atoms with Crippen LogP contribution in [0.3, 0.4) is 0 Å². The lowest BCUT2D eigenvalue weighted by Gasteiger charge is -2.13. The molecule has 1 heterocycles. The van der Waals surface area contributed by atoms with Crippen LogP contribution in [0.15, 0.2) is 85.1 Å². The third-order valence-corrected chi connectivity index (χ3v) is 4.94. The number of aromatic nitrogens is 1. The molecule has 3 nitrogen and oxygen atoms in total. The molecule has 0 saturated heterocycles. The normalized spacial score (nSPS) is 10.5. The van der Waals surface area contributed by atoms with Crippen LogP contribution in [0, 0.1) is 6.92 Å². The molecule has 0 fully saturated rings. The summed E-state index contributed by atoms with van der Waals surface area (Å²) in [5.74, 6) is 1.62. The second kappa shape index (κ2) is 7.62. The van der Waals surface area contributed by atoms with Gasteiger partial charge in [-0.1, -0.05) is 60.7 Å². The van der Waals surface area contributed by atoms with E-state index in [1.54, 1.807) is 6.20 Å². The fraction of sp³-hybridized carbons (Fsp3) is 0.0455. The van der Waals surface area contributed by atoms with Crippen molar-refractivity contribution in [2.24, 2.45) is 0 Å². The number of aryl methyl sites for hydroxylation is 1. The van der Waals surface area contributed by atoms with E-state index in [2.05, 4.69) is 35.3 Å². The zero-order valence-corrected chi connectivity index (χ0v) is 15.6. The molecule has 0 atom stereocenters. The van der Waals surface area contributed by atoms with Crippen LogP contribution in [0.2, 0.25) is 0 Å². The van der Waals surface area contributed by atoms with Crippen molar-refractivity contribution in [3.8, 4) is 22.6 Å². The summed E-state index contributed by atoms with van der Waals surface area (Å²) in [5.41, 5.74) is 4.30. The second-order valence-electron chi connectivity index (χ2n) is 6.01. The van der Waals surface area contributed by atoms with Gasteiger partial charge in [0.2, 0.25) is 0 Å². The fourth-order valence-electron chi connectivity index (χ4n) is 2.85. The highest BCUT2D eigenvalue weighted by atomic mass is 27.2. The molecule has 26 heavy (non-hydrogen) atoms. The van der Waals surface area contributed by atoms with Crippen molar-refractivity contribution in [1.29, 1.82) is 0 Å². The predicted octanol–water partition coefficient (Wildman–Crippen LogP) is 5.20. The maximum absolute atomic E-state index is 5.97.